The average Bonchev–Trinajstić information content (AvgIpc) is 2.25. The molecule has 0 aromatic rings. The molecule has 1 aliphatic rings. The van der Waals surface area contributed by atoms with Crippen LogP contribution in [0.5, 0.6) is 0 Å². The van der Waals surface area contributed by atoms with Crippen molar-refractivity contribution in [1.29, 1.82) is 0 Å². The van der Waals surface area contributed by atoms with Gasteiger partial charge in [0.25, 0.3) is 0 Å². The molecule has 110 valence electrons. The van der Waals surface area contributed by atoms with Gasteiger partial charge in [0.05, 0.1) is 0 Å². The van der Waals surface area contributed by atoms with E-state index >= 15 is 0 Å². The molecule has 1 saturated carbocycles. The SMILES string of the molecule is C=C(C)CNC1CCCCC1NC(=O)OC(C)(C)C. The Kier molecular flexibility index (Phi) is 5.85. The summed E-state index contributed by atoms with van der Waals surface area (Å²) in [7, 11) is 0. The van der Waals surface area contributed by atoms with Crippen molar-refractivity contribution in [2.24, 2.45) is 0 Å². The Balaban J connectivity index is 2.47. The molecule has 0 saturated heterocycles. The number of carbonyl (C=O) groups is 1. The molecule has 0 aromatic heterocycles. The first-order valence-corrected chi connectivity index (χ1v) is 7.15. The third-order valence-corrected chi connectivity index (χ3v) is 3.13. The van der Waals surface area contributed by atoms with Gasteiger partial charge >= 0.3 is 6.09 Å². The van der Waals surface area contributed by atoms with Crippen LogP contribution in [0.15, 0.2) is 12.2 Å². The standard InChI is InChI=1S/C15H28N2O2/c1-11(2)10-16-12-8-6-7-9-13(12)17-14(18)19-15(3,4)5/h12-13,16H,1,6-10H2,2-5H3,(H,17,18). The zero-order valence-electron chi connectivity index (χ0n) is 12.7. The Morgan fingerprint density at radius 1 is 1.26 bits per heavy atom. The van der Waals surface area contributed by atoms with E-state index in [-0.39, 0.29) is 12.1 Å². The van der Waals surface area contributed by atoms with Gasteiger partial charge in [-0.2, -0.15) is 0 Å². The third-order valence-electron chi connectivity index (χ3n) is 3.13. The highest BCUT2D eigenvalue weighted by atomic mass is 16.6. The van der Waals surface area contributed by atoms with Crippen LogP contribution in [0.3, 0.4) is 0 Å². The number of carbonyl (C=O) groups excluding carboxylic acids is 1. The van der Waals surface area contributed by atoms with Crippen LogP contribution in [0, 0.1) is 0 Å². The lowest BCUT2D eigenvalue weighted by Crippen LogP contribution is -2.52. The predicted octanol–water partition coefficient (Wildman–Crippen LogP) is 2.99. The van der Waals surface area contributed by atoms with Crippen LogP contribution in [0.25, 0.3) is 0 Å². The summed E-state index contributed by atoms with van der Waals surface area (Å²) < 4.78 is 5.32. The van der Waals surface area contributed by atoms with Crippen LogP contribution in [-0.4, -0.2) is 30.3 Å². The smallest absolute Gasteiger partial charge is 0.407 e. The second kappa shape index (κ2) is 6.94. The van der Waals surface area contributed by atoms with Gasteiger partial charge in [0.15, 0.2) is 0 Å². The molecule has 1 aliphatic carbocycles. The van der Waals surface area contributed by atoms with Gasteiger partial charge in [-0.3, -0.25) is 0 Å². The fraction of sp³-hybridized carbons (Fsp3) is 0.800. The van der Waals surface area contributed by atoms with Gasteiger partial charge < -0.3 is 15.4 Å². The second-order valence-electron chi connectivity index (χ2n) is 6.48. The van der Waals surface area contributed by atoms with Crippen LogP contribution < -0.4 is 10.6 Å². The molecule has 2 unspecified atom stereocenters. The van der Waals surface area contributed by atoms with Gasteiger partial charge in [0, 0.05) is 18.6 Å². The fourth-order valence-corrected chi connectivity index (χ4v) is 2.31. The van der Waals surface area contributed by atoms with Gasteiger partial charge in [-0.25, -0.2) is 4.79 Å². The zero-order valence-corrected chi connectivity index (χ0v) is 12.7. The van der Waals surface area contributed by atoms with E-state index in [4.69, 9.17) is 4.74 Å². The van der Waals surface area contributed by atoms with E-state index in [9.17, 15) is 4.79 Å². The van der Waals surface area contributed by atoms with Gasteiger partial charge in [0.1, 0.15) is 5.60 Å². The maximum absolute atomic E-state index is 11.8. The maximum Gasteiger partial charge on any atom is 0.407 e. The molecule has 2 atom stereocenters. The molecule has 0 spiro atoms. The summed E-state index contributed by atoms with van der Waals surface area (Å²) in [6.45, 7) is 12.3. The molecule has 1 amide bonds. The Labute approximate surface area is 117 Å². The number of nitrogens with one attached hydrogen (secondary N) is 2. The topological polar surface area (TPSA) is 50.4 Å². The average molecular weight is 268 g/mol. The van der Waals surface area contributed by atoms with Crippen molar-refractivity contribution < 1.29 is 9.53 Å². The maximum atomic E-state index is 11.8. The summed E-state index contributed by atoms with van der Waals surface area (Å²) in [6.07, 6.45) is 4.15. The van der Waals surface area contributed by atoms with E-state index in [1.165, 1.54) is 6.42 Å². The van der Waals surface area contributed by atoms with E-state index in [1.54, 1.807) is 0 Å². The van der Waals surface area contributed by atoms with E-state index in [2.05, 4.69) is 17.2 Å². The Morgan fingerprint density at radius 3 is 2.37 bits per heavy atom. The van der Waals surface area contributed by atoms with Crippen molar-refractivity contribution in [3.63, 3.8) is 0 Å². The fourth-order valence-electron chi connectivity index (χ4n) is 2.31. The highest BCUT2D eigenvalue weighted by Crippen LogP contribution is 2.19. The number of hydrogen-bond donors (Lipinski definition) is 2. The van der Waals surface area contributed by atoms with Crippen LogP contribution in [-0.2, 0) is 4.74 Å². The molecular formula is C15H28N2O2. The van der Waals surface area contributed by atoms with Crippen molar-refractivity contribution >= 4 is 6.09 Å². The summed E-state index contributed by atoms with van der Waals surface area (Å²) in [5.41, 5.74) is 0.668. The lowest BCUT2D eigenvalue weighted by Gasteiger charge is -2.33. The number of amides is 1. The molecule has 4 heteroatoms. The second-order valence-corrected chi connectivity index (χ2v) is 6.48. The zero-order chi connectivity index (χ0) is 14.5. The molecule has 4 nitrogen and oxygen atoms in total. The van der Waals surface area contributed by atoms with Crippen molar-refractivity contribution in [1.82, 2.24) is 10.6 Å². The van der Waals surface area contributed by atoms with Crippen molar-refractivity contribution in [2.75, 3.05) is 6.54 Å². The largest absolute Gasteiger partial charge is 0.444 e. The van der Waals surface area contributed by atoms with E-state index in [0.29, 0.717) is 6.04 Å². The minimum absolute atomic E-state index is 0.156. The predicted molar refractivity (Wildman–Crippen MR) is 78.2 cm³/mol. The normalized spacial score (nSPS) is 23.8. The van der Waals surface area contributed by atoms with Crippen LogP contribution in [0.2, 0.25) is 0 Å². The first-order valence-electron chi connectivity index (χ1n) is 7.15. The summed E-state index contributed by atoms with van der Waals surface area (Å²) in [5.74, 6) is 0. The molecule has 0 radical (unpaired) electrons. The Morgan fingerprint density at radius 2 is 1.84 bits per heavy atom. The van der Waals surface area contributed by atoms with Crippen LogP contribution in [0.1, 0.15) is 53.4 Å². The molecule has 1 rings (SSSR count). The van der Waals surface area contributed by atoms with Gasteiger partial charge in [-0.1, -0.05) is 25.0 Å². The Bertz CT molecular complexity index is 321. The first kappa shape index (κ1) is 16.0. The summed E-state index contributed by atoms with van der Waals surface area (Å²) in [4.78, 5) is 11.8. The highest BCUT2D eigenvalue weighted by Gasteiger charge is 2.27. The van der Waals surface area contributed by atoms with Crippen molar-refractivity contribution in [2.45, 2.75) is 71.1 Å². The van der Waals surface area contributed by atoms with Gasteiger partial charge in [-0.15, -0.1) is 0 Å². The van der Waals surface area contributed by atoms with Gasteiger partial charge in [-0.05, 0) is 40.5 Å². The summed E-state index contributed by atoms with van der Waals surface area (Å²) >= 11 is 0. The molecule has 0 bridgehead atoms. The Hall–Kier alpha value is -1.03. The van der Waals surface area contributed by atoms with E-state index < -0.39 is 5.60 Å². The van der Waals surface area contributed by atoms with Crippen LogP contribution >= 0.6 is 0 Å². The number of alkyl carbamates (subject to hydrolysis) is 1. The highest BCUT2D eigenvalue weighted by molar-refractivity contribution is 5.68. The summed E-state index contributed by atoms with van der Waals surface area (Å²) in [5, 5.41) is 6.47. The molecule has 1 fully saturated rings. The summed E-state index contributed by atoms with van der Waals surface area (Å²) in [6, 6.07) is 0.473. The minimum atomic E-state index is -0.445. The molecule has 2 N–H and O–H groups in total. The number of hydrogen-bond acceptors (Lipinski definition) is 3. The van der Waals surface area contributed by atoms with Gasteiger partial charge in [0.2, 0.25) is 0 Å². The van der Waals surface area contributed by atoms with Crippen molar-refractivity contribution in [3.8, 4) is 0 Å². The molecule has 19 heavy (non-hydrogen) atoms. The quantitative estimate of drug-likeness (QED) is 0.771. The number of ether oxygens (including phenoxy) is 1. The van der Waals surface area contributed by atoms with E-state index in [1.807, 2.05) is 27.7 Å². The van der Waals surface area contributed by atoms with Crippen molar-refractivity contribution in [3.05, 3.63) is 12.2 Å². The van der Waals surface area contributed by atoms with E-state index in [0.717, 1.165) is 31.4 Å². The molecule has 0 aromatic carbocycles. The number of rotatable bonds is 4. The monoisotopic (exact) mass is 268 g/mol. The minimum Gasteiger partial charge on any atom is -0.444 e. The lowest BCUT2D eigenvalue weighted by atomic mass is 9.90. The molecular weight excluding hydrogens is 240 g/mol. The lowest BCUT2D eigenvalue weighted by molar-refractivity contribution is 0.0480. The van der Waals surface area contributed by atoms with Crippen LogP contribution in [0.4, 0.5) is 4.79 Å². The molecule has 0 aliphatic heterocycles. The first-order chi connectivity index (χ1) is 8.78. The molecule has 0 heterocycles. The third kappa shape index (κ3) is 6.62.